The molecular weight excluding hydrogens is 275 g/mol. The summed E-state index contributed by atoms with van der Waals surface area (Å²) in [5, 5.41) is 9.67. The van der Waals surface area contributed by atoms with Crippen LogP contribution in [0.1, 0.15) is 22.7 Å². The third-order valence-corrected chi connectivity index (χ3v) is 3.40. The minimum Gasteiger partial charge on any atom is -0.348 e. The molecule has 1 aromatic carbocycles. The SMILES string of the molecule is Cc1nc(-c2ccc(C(=O)NC3CCNC3)c(F)c2)no1. The number of aromatic nitrogens is 2. The van der Waals surface area contributed by atoms with Crippen LogP contribution in [0.5, 0.6) is 0 Å². The summed E-state index contributed by atoms with van der Waals surface area (Å²) < 4.78 is 19.0. The Kier molecular flexibility index (Phi) is 3.66. The molecule has 110 valence electrons. The smallest absolute Gasteiger partial charge is 0.254 e. The lowest BCUT2D eigenvalue weighted by Gasteiger charge is -2.11. The number of carbonyl (C=O) groups is 1. The van der Waals surface area contributed by atoms with Crippen molar-refractivity contribution in [2.45, 2.75) is 19.4 Å². The fourth-order valence-corrected chi connectivity index (χ4v) is 2.30. The Balaban J connectivity index is 1.79. The van der Waals surface area contributed by atoms with Gasteiger partial charge < -0.3 is 15.2 Å². The highest BCUT2D eigenvalue weighted by Gasteiger charge is 2.20. The average Bonchev–Trinajstić information content (AvgIpc) is 3.10. The number of nitrogens with zero attached hydrogens (tertiary/aromatic N) is 2. The molecule has 0 spiro atoms. The zero-order valence-corrected chi connectivity index (χ0v) is 11.5. The van der Waals surface area contributed by atoms with Crippen LogP contribution in [0.2, 0.25) is 0 Å². The Hall–Kier alpha value is -2.28. The number of rotatable bonds is 3. The molecule has 1 aromatic heterocycles. The van der Waals surface area contributed by atoms with Gasteiger partial charge in [-0.05, 0) is 25.1 Å². The summed E-state index contributed by atoms with van der Waals surface area (Å²) in [6, 6.07) is 4.34. The number of hydrogen-bond donors (Lipinski definition) is 2. The van der Waals surface area contributed by atoms with Gasteiger partial charge in [0.15, 0.2) is 0 Å². The molecule has 1 fully saturated rings. The van der Waals surface area contributed by atoms with Crippen molar-refractivity contribution in [2.24, 2.45) is 0 Å². The summed E-state index contributed by atoms with van der Waals surface area (Å²) in [4.78, 5) is 16.1. The third-order valence-electron chi connectivity index (χ3n) is 3.40. The van der Waals surface area contributed by atoms with Crippen molar-refractivity contribution in [2.75, 3.05) is 13.1 Å². The van der Waals surface area contributed by atoms with Crippen LogP contribution in [0.25, 0.3) is 11.4 Å². The average molecular weight is 290 g/mol. The Morgan fingerprint density at radius 2 is 2.38 bits per heavy atom. The molecule has 1 unspecified atom stereocenters. The molecular formula is C14H15FN4O2. The van der Waals surface area contributed by atoms with Crippen molar-refractivity contribution < 1.29 is 13.7 Å². The van der Waals surface area contributed by atoms with Gasteiger partial charge >= 0.3 is 0 Å². The minimum atomic E-state index is -0.599. The number of hydrogen-bond acceptors (Lipinski definition) is 5. The van der Waals surface area contributed by atoms with E-state index in [4.69, 9.17) is 4.52 Å². The van der Waals surface area contributed by atoms with Crippen LogP contribution >= 0.6 is 0 Å². The van der Waals surface area contributed by atoms with Crippen molar-refractivity contribution in [3.05, 3.63) is 35.5 Å². The first-order chi connectivity index (χ1) is 10.1. The first-order valence-corrected chi connectivity index (χ1v) is 6.75. The highest BCUT2D eigenvalue weighted by molar-refractivity contribution is 5.95. The maximum absolute atomic E-state index is 14.1. The summed E-state index contributed by atoms with van der Waals surface area (Å²) in [6.07, 6.45) is 0.855. The minimum absolute atomic E-state index is 0.0193. The van der Waals surface area contributed by atoms with Crippen molar-refractivity contribution in [1.82, 2.24) is 20.8 Å². The van der Waals surface area contributed by atoms with E-state index in [-0.39, 0.29) is 11.6 Å². The number of halogens is 1. The number of amides is 1. The molecule has 0 radical (unpaired) electrons. The van der Waals surface area contributed by atoms with E-state index in [1.807, 2.05) is 0 Å². The summed E-state index contributed by atoms with van der Waals surface area (Å²) in [5.41, 5.74) is 0.495. The highest BCUT2D eigenvalue weighted by Crippen LogP contribution is 2.19. The van der Waals surface area contributed by atoms with Gasteiger partial charge in [-0.3, -0.25) is 4.79 Å². The Labute approximate surface area is 120 Å². The first kappa shape index (κ1) is 13.7. The van der Waals surface area contributed by atoms with Crippen LogP contribution in [0.4, 0.5) is 4.39 Å². The van der Waals surface area contributed by atoms with Gasteiger partial charge in [0, 0.05) is 25.1 Å². The molecule has 1 aliphatic heterocycles. The van der Waals surface area contributed by atoms with Crippen LogP contribution in [0, 0.1) is 12.7 Å². The molecule has 7 heteroatoms. The second-order valence-corrected chi connectivity index (χ2v) is 4.99. The summed E-state index contributed by atoms with van der Waals surface area (Å²) >= 11 is 0. The zero-order valence-electron chi connectivity index (χ0n) is 11.5. The van der Waals surface area contributed by atoms with E-state index in [9.17, 15) is 9.18 Å². The Morgan fingerprint density at radius 3 is 3.00 bits per heavy atom. The lowest BCUT2D eigenvalue weighted by molar-refractivity contribution is 0.0936. The molecule has 21 heavy (non-hydrogen) atoms. The first-order valence-electron chi connectivity index (χ1n) is 6.75. The molecule has 0 saturated carbocycles. The molecule has 0 bridgehead atoms. The van der Waals surface area contributed by atoms with Gasteiger partial charge in [-0.1, -0.05) is 11.2 Å². The van der Waals surface area contributed by atoms with Gasteiger partial charge in [0.05, 0.1) is 5.56 Å². The molecule has 1 aliphatic rings. The number of benzene rings is 1. The van der Waals surface area contributed by atoms with Gasteiger partial charge in [-0.25, -0.2) is 4.39 Å². The zero-order chi connectivity index (χ0) is 14.8. The van der Waals surface area contributed by atoms with Gasteiger partial charge in [-0.2, -0.15) is 4.98 Å². The van der Waals surface area contributed by atoms with Crippen LogP contribution in [-0.4, -0.2) is 35.2 Å². The highest BCUT2D eigenvalue weighted by atomic mass is 19.1. The number of aryl methyl sites for hydroxylation is 1. The van der Waals surface area contributed by atoms with Crippen molar-refractivity contribution in [1.29, 1.82) is 0 Å². The monoisotopic (exact) mass is 290 g/mol. The van der Waals surface area contributed by atoms with E-state index < -0.39 is 11.7 Å². The van der Waals surface area contributed by atoms with E-state index in [1.165, 1.54) is 12.1 Å². The maximum atomic E-state index is 14.1. The van der Waals surface area contributed by atoms with Crippen molar-refractivity contribution in [3.8, 4) is 11.4 Å². The van der Waals surface area contributed by atoms with Gasteiger partial charge in [0.25, 0.3) is 5.91 Å². The Bertz CT molecular complexity index is 665. The third kappa shape index (κ3) is 2.92. The molecule has 3 rings (SSSR count). The van der Waals surface area contributed by atoms with Crippen LogP contribution in [0.15, 0.2) is 22.7 Å². The molecule has 0 aliphatic carbocycles. The second-order valence-electron chi connectivity index (χ2n) is 4.99. The summed E-state index contributed by atoms with van der Waals surface area (Å²) in [7, 11) is 0. The van der Waals surface area contributed by atoms with Gasteiger partial charge in [-0.15, -0.1) is 0 Å². The van der Waals surface area contributed by atoms with Crippen molar-refractivity contribution >= 4 is 5.91 Å². The molecule has 2 N–H and O–H groups in total. The van der Waals surface area contributed by atoms with E-state index in [0.717, 1.165) is 13.0 Å². The van der Waals surface area contributed by atoms with Gasteiger partial charge in [0.2, 0.25) is 11.7 Å². The molecule has 1 atom stereocenters. The number of nitrogens with one attached hydrogen (secondary N) is 2. The van der Waals surface area contributed by atoms with Crippen LogP contribution in [0.3, 0.4) is 0 Å². The predicted octanol–water partition coefficient (Wildman–Crippen LogP) is 1.28. The van der Waals surface area contributed by atoms with E-state index in [2.05, 4.69) is 20.8 Å². The molecule has 2 heterocycles. The molecule has 1 amide bonds. The lowest BCUT2D eigenvalue weighted by atomic mass is 10.1. The second kappa shape index (κ2) is 5.61. The fraction of sp³-hybridized carbons (Fsp3) is 0.357. The molecule has 6 nitrogen and oxygen atoms in total. The Morgan fingerprint density at radius 1 is 1.52 bits per heavy atom. The standard InChI is InChI=1S/C14H15FN4O2/c1-8-17-13(19-21-8)9-2-3-11(12(15)6-9)14(20)18-10-4-5-16-7-10/h2-3,6,10,16H,4-5,7H2,1H3,(H,18,20). The maximum Gasteiger partial charge on any atom is 0.254 e. The van der Waals surface area contributed by atoms with E-state index in [0.29, 0.717) is 23.8 Å². The summed E-state index contributed by atoms with van der Waals surface area (Å²) in [5.74, 6) is -0.297. The fourth-order valence-electron chi connectivity index (χ4n) is 2.30. The van der Waals surface area contributed by atoms with Crippen LogP contribution < -0.4 is 10.6 Å². The topological polar surface area (TPSA) is 80.0 Å². The van der Waals surface area contributed by atoms with Gasteiger partial charge in [0.1, 0.15) is 5.82 Å². The predicted molar refractivity (Wildman–Crippen MR) is 73.2 cm³/mol. The van der Waals surface area contributed by atoms with Crippen molar-refractivity contribution in [3.63, 3.8) is 0 Å². The quantitative estimate of drug-likeness (QED) is 0.890. The summed E-state index contributed by atoms with van der Waals surface area (Å²) in [6.45, 7) is 3.24. The molecule has 1 saturated heterocycles. The van der Waals surface area contributed by atoms with E-state index in [1.54, 1.807) is 13.0 Å². The molecule has 2 aromatic rings. The lowest BCUT2D eigenvalue weighted by Crippen LogP contribution is -2.36. The van der Waals surface area contributed by atoms with Crippen LogP contribution in [-0.2, 0) is 0 Å². The number of carbonyl (C=O) groups excluding carboxylic acids is 1. The normalized spacial score (nSPS) is 17.9. The van der Waals surface area contributed by atoms with E-state index >= 15 is 0 Å². The largest absolute Gasteiger partial charge is 0.348 e.